The summed E-state index contributed by atoms with van der Waals surface area (Å²) in [6, 6.07) is 5.76. The molecule has 2 nitrogen and oxygen atoms in total. The van der Waals surface area contributed by atoms with Crippen molar-refractivity contribution in [1.29, 1.82) is 0 Å². The van der Waals surface area contributed by atoms with E-state index in [2.05, 4.69) is 9.97 Å². The van der Waals surface area contributed by atoms with E-state index in [1.807, 2.05) is 18.2 Å². The number of rotatable bonds is 1. The van der Waals surface area contributed by atoms with E-state index in [9.17, 15) is 0 Å². The van der Waals surface area contributed by atoms with Gasteiger partial charge in [-0.1, -0.05) is 11.6 Å². The minimum Gasteiger partial charge on any atom is -0.342 e. The van der Waals surface area contributed by atoms with E-state index in [0.29, 0.717) is 5.92 Å². The number of halogens is 1. The van der Waals surface area contributed by atoms with E-state index in [0.717, 1.165) is 21.9 Å². The number of benzene rings is 1. The molecule has 0 atom stereocenters. The summed E-state index contributed by atoms with van der Waals surface area (Å²) >= 11 is 5.88. The van der Waals surface area contributed by atoms with Crippen molar-refractivity contribution in [2.75, 3.05) is 0 Å². The van der Waals surface area contributed by atoms with Gasteiger partial charge in [-0.25, -0.2) is 4.98 Å². The van der Waals surface area contributed by atoms with Crippen LogP contribution in [0.3, 0.4) is 0 Å². The highest BCUT2D eigenvalue weighted by Gasteiger charge is 2.26. The molecule has 1 aliphatic carbocycles. The lowest BCUT2D eigenvalue weighted by Crippen LogP contribution is -1.79. The van der Waals surface area contributed by atoms with Crippen LogP contribution in [0.15, 0.2) is 18.2 Å². The van der Waals surface area contributed by atoms with Crippen molar-refractivity contribution in [3.63, 3.8) is 0 Å². The van der Waals surface area contributed by atoms with Gasteiger partial charge in [-0.15, -0.1) is 0 Å². The molecule has 0 amide bonds. The fourth-order valence-corrected chi connectivity index (χ4v) is 1.72. The van der Waals surface area contributed by atoms with Gasteiger partial charge in [0.25, 0.3) is 0 Å². The third-order valence-electron chi connectivity index (χ3n) is 2.43. The first-order valence-corrected chi connectivity index (χ1v) is 4.86. The Bertz CT molecular complexity index is 457. The van der Waals surface area contributed by atoms with Crippen LogP contribution in [-0.2, 0) is 0 Å². The lowest BCUT2D eigenvalue weighted by molar-refractivity contribution is 0.986. The number of hydrogen-bond donors (Lipinski definition) is 1. The fraction of sp³-hybridized carbons (Fsp3) is 0.300. The van der Waals surface area contributed by atoms with Gasteiger partial charge in [0.1, 0.15) is 5.82 Å². The van der Waals surface area contributed by atoms with Crippen molar-refractivity contribution < 1.29 is 0 Å². The van der Waals surface area contributed by atoms with Gasteiger partial charge in [-0.3, -0.25) is 0 Å². The van der Waals surface area contributed by atoms with E-state index >= 15 is 0 Å². The molecular weight excluding hydrogens is 184 g/mol. The second-order valence-electron chi connectivity index (χ2n) is 3.56. The van der Waals surface area contributed by atoms with Crippen molar-refractivity contribution in [3.05, 3.63) is 29.0 Å². The van der Waals surface area contributed by atoms with Gasteiger partial charge in [0, 0.05) is 10.9 Å². The first kappa shape index (κ1) is 7.39. The Labute approximate surface area is 80.9 Å². The van der Waals surface area contributed by atoms with Crippen molar-refractivity contribution >= 4 is 22.6 Å². The van der Waals surface area contributed by atoms with Gasteiger partial charge in [-0.05, 0) is 31.0 Å². The summed E-state index contributed by atoms with van der Waals surface area (Å²) in [7, 11) is 0. The summed E-state index contributed by atoms with van der Waals surface area (Å²) in [6.45, 7) is 0. The number of nitrogens with zero attached hydrogens (tertiary/aromatic N) is 1. The molecule has 0 saturated heterocycles. The Morgan fingerprint density at radius 3 is 3.00 bits per heavy atom. The quantitative estimate of drug-likeness (QED) is 0.739. The van der Waals surface area contributed by atoms with Crippen LogP contribution in [0.2, 0.25) is 5.02 Å². The first-order valence-electron chi connectivity index (χ1n) is 4.48. The number of nitrogens with one attached hydrogen (secondary N) is 1. The van der Waals surface area contributed by atoms with Crippen LogP contribution in [0.1, 0.15) is 24.6 Å². The number of hydrogen-bond acceptors (Lipinski definition) is 1. The predicted octanol–water partition coefficient (Wildman–Crippen LogP) is 3.09. The van der Waals surface area contributed by atoms with E-state index in [4.69, 9.17) is 11.6 Å². The van der Waals surface area contributed by atoms with Gasteiger partial charge in [0.2, 0.25) is 0 Å². The largest absolute Gasteiger partial charge is 0.342 e. The average molecular weight is 193 g/mol. The first-order chi connectivity index (χ1) is 6.33. The monoisotopic (exact) mass is 192 g/mol. The molecule has 3 heteroatoms. The number of imidazole rings is 1. The molecule has 0 unspecified atom stereocenters. The molecule has 0 spiro atoms. The molecule has 1 heterocycles. The van der Waals surface area contributed by atoms with E-state index in [1.165, 1.54) is 12.8 Å². The normalized spacial score (nSPS) is 16.7. The molecule has 1 aliphatic rings. The zero-order valence-electron chi connectivity index (χ0n) is 7.05. The Morgan fingerprint density at radius 2 is 2.23 bits per heavy atom. The molecular formula is C10H9ClN2. The van der Waals surface area contributed by atoms with Crippen molar-refractivity contribution in [1.82, 2.24) is 9.97 Å². The highest BCUT2D eigenvalue weighted by atomic mass is 35.5. The Morgan fingerprint density at radius 1 is 1.38 bits per heavy atom. The van der Waals surface area contributed by atoms with Crippen LogP contribution < -0.4 is 0 Å². The maximum Gasteiger partial charge on any atom is 0.110 e. The van der Waals surface area contributed by atoms with Gasteiger partial charge < -0.3 is 4.98 Å². The van der Waals surface area contributed by atoms with Crippen LogP contribution in [0.25, 0.3) is 11.0 Å². The predicted molar refractivity (Wildman–Crippen MR) is 53.1 cm³/mol. The van der Waals surface area contributed by atoms with Crippen molar-refractivity contribution in [2.45, 2.75) is 18.8 Å². The summed E-state index contributed by atoms with van der Waals surface area (Å²) in [4.78, 5) is 7.80. The Balaban J connectivity index is 2.20. The van der Waals surface area contributed by atoms with E-state index in [-0.39, 0.29) is 0 Å². The van der Waals surface area contributed by atoms with E-state index < -0.39 is 0 Å². The minimum absolute atomic E-state index is 0.672. The highest BCUT2D eigenvalue weighted by molar-refractivity contribution is 6.31. The summed E-state index contributed by atoms with van der Waals surface area (Å²) in [5.41, 5.74) is 2.07. The van der Waals surface area contributed by atoms with Crippen LogP contribution >= 0.6 is 11.6 Å². The highest BCUT2D eigenvalue weighted by Crippen LogP contribution is 2.39. The molecule has 1 saturated carbocycles. The molecule has 3 rings (SSSR count). The molecule has 1 aromatic heterocycles. The Hall–Kier alpha value is -1.02. The van der Waals surface area contributed by atoms with Gasteiger partial charge >= 0.3 is 0 Å². The third-order valence-corrected chi connectivity index (χ3v) is 2.66. The number of aromatic nitrogens is 2. The molecule has 1 aromatic carbocycles. The number of aromatic amines is 1. The number of H-pyrrole nitrogens is 1. The third kappa shape index (κ3) is 1.22. The topological polar surface area (TPSA) is 28.7 Å². The number of fused-ring (bicyclic) bond motifs is 1. The maximum atomic E-state index is 5.88. The minimum atomic E-state index is 0.672. The maximum absolute atomic E-state index is 5.88. The molecule has 0 radical (unpaired) electrons. The lowest BCUT2D eigenvalue weighted by atomic mass is 10.3. The summed E-state index contributed by atoms with van der Waals surface area (Å²) in [5, 5.41) is 0.762. The molecule has 1 fully saturated rings. The Kier molecular flexibility index (Phi) is 1.41. The second kappa shape index (κ2) is 2.48. The molecule has 0 aliphatic heterocycles. The van der Waals surface area contributed by atoms with Gasteiger partial charge in [-0.2, -0.15) is 0 Å². The summed E-state index contributed by atoms with van der Waals surface area (Å²) in [5.74, 6) is 1.79. The van der Waals surface area contributed by atoms with Gasteiger partial charge in [0.15, 0.2) is 0 Å². The van der Waals surface area contributed by atoms with Gasteiger partial charge in [0.05, 0.1) is 11.0 Å². The van der Waals surface area contributed by atoms with Crippen LogP contribution in [0, 0.1) is 0 Å². The molecule has 13 heavy (non-hydrogen) atoms. The fourth-order valence-electron chi connectivity index (χ4n) is 1.55. The zero-order valence-corrected chi connectivity index (χ0v) is 7.80. The second-order valence-corrected chi connectivity index (χ2v) is 3.99. The van der Waals surface area contributed by atoms with Crippen molar-refractivity contribution in [2.24, 2.45) is 0 Å². The van der Waals surface area contributed by atoms with Crippen LogP contribution in [0.4, 0.5) is 0 Å². The molecule has 66 valence electrons. The summed E-state index contributed by atoms with van der Waals surface area (Å²) < 4.78 is 0. The van der Waals surface area contributed by atoms with Crippen molar-refractivity contribution in [3.8, 4) is 0 Å². The van der Waals surface area contributed by atoms with Crippen LogP contribution in [0.5, 0.6) is 0 Å². The molecule has 1 N–H and O–H groups in total. The average Bonchev–Trinajstić information content (AvgIpc) is 2.87. The smallest absolute Gasteiger partial charge is 0.110 e. The van der Waals surface area contributed by atoms with Crippen LogP contribution in [-0.4, -0.2) is 9.97 Å². The summed E-state index contributed by atoms with van der Waals surface area (Å²) in [6.07, 6.45) is 2.54. The SMILES string of the molecule is Clc1ccc2nc(C3CC3)[nH]c2c1. The standard InChI is InChI=1S/C10H9ClN2/c11-7-3-4-8-9(5-7)13-10(12-8)6-1-2-6/h3-6H,1-2H2,(H,12,13). The van der Waals surface area contributed by atoms with E-state index in [1.54, 1.807) is 0 Å². The molecule has 0 bridgehead atoms. The lowest BCUT2D eigenvalue weighted by Gasteiger charge is -1.87. The zero-order chi connectivity index (χ0) is 8.84. The molecule has 2 aromatic rings.